The van der Waals surface area contributed by atoms with Crippen LogP contribution >= 0.6 is 19.4 Å². The molecule has 18 nitrogen and oxygen atoms in total. The van der Waals surface area contributed by atoms with E-state index in [1.165, 1.54) is 107 Å². The molecule has 2 fully saturated rings. The van der Waals surface area contributed by atoms with Crippen LogP contribution in [0.3, 0.4) is 0 Å². The number of halogens is 1. The second-order valence-electron chi connectivity index (χ2n) is 18.7. The molecule has 0 saturated carbocycles. The maximum atomic E-state index is 15.0. The molecule has 0 amide bonds. The second-order valence-corrected chi connectivity index (χ2v) is 20.7. The third-order valence-corrected chi connectivity index (χ3v) is 14.2. The number of aromatic amines is 1. The first kappa shape index (κ1) is 56.3. The van der Waals surface area contributed by atoms with Crippen LogP contribution in [-0.2, 0) is 43.9 Å². The number of ether oxygens (including phenoxy) is 5. The fourth-order valence-corrected chi connectivity index (χ4v) is 10.3. The number of hydrogen-bond donors (Lipinski definition) is 3. The number of phosphoric acid groups is 1. The largest absolute Gasteiger partial charge is 0.530 e. The summed E-state index contributed by atoms with van der Waals surface area (Å²) in [5.74, 6) is -1.05. The number of nitrogens with two attached hydrogens (primary N) is 1. The predicted molar refractivity (Wildman–Crippen MR) is 273 cm³/mol. The highest BCUT2D eigenvalue weighted by molar-refractivity contribution is 7.49. The Labute approximate surface area is 429 Å². The summed E-state index contributed by atoms with van der Waals surface area (Å²) in [5.41, 5.74) is 6.69. The monoisotopic (exact) mass is 1030 g/mol. The SMILES string of the molecule is CCCCCCCCCCCCCCCCCCOC[C@H](COP(=O)(OC[C@@]1(C#N)O[C@@H](c2ccc(/C(N)=N\C=N)[nH]2)[C@@H]2OC(C)(C)O[C@@H]21)Oc1ccccc1Cl)OCc1ccc(C#N)c(-n2cncn2)c1. The Balaban J connectivity index is 1.10. The number of unbranched alkanes of at least 4 members (excludes halogenated alkanes) is 15. The molecular formula is C52H71ClN9O9P. The Morgan fingerprint density at radius 1 is 0.944 bits per heavy atom. The molecule has 72 heavy (non-hydrogen) atoms. The Hall–Kier alpha value is -4.98. The van der Waals surface area contributed by atoms with Gasteiger partial charge in [-0.1, -0.05) is 133 Å². The summed E-state index contributed by atoms with van der Waals surface area (Å²) in [5, 5.41) is 32.3. The van der Waals surface area contributed by atoms with E-state index >= 15 is 0 Å². The van der Waals surface area contributed by atoms with E-state index in [9.17, 15) is 15.1 Å². The number of aliphatic imine (C=N–C) groups is 1. The highest BCUT2D eigenvalue weighted by Gasteiger charge is 2.65. The zero-order valence-electron chi connectivity index (χ0n) is 41.8. The van der Waals surface area contributed by atoms with Crippen LogP contribution in [0.1, 0.15) is 152 Å². The number of phosphoric ester groups is 1. The molecule has 2 saturated heterocycles. The molecule has 6 atom stereocenters. The smallest absolute Gasteiger partial charge is 0.402 e. The van der Waals surface area contributed by atoms with Crippen molar-refractivity contribution in [2.24, 2.45) is 10.7 Å². The van der Waals surface area contributed by atoms with Crippen molar-refractivity contribution in [3.05, 3.63) is 94.8 Å². The van der Waals surface area contributed by atoms with Crippen molar-refractivity contribution in [3.8, 4) is 23.6 Å². The number of nitrogens with zero attached hydrogens (tertiary/aromatic N) is 6. The van der Waals surface area contributed by atoms with E-state index < -0.39 is 50.2 Å². The third-order valence-electron chi connectivity index (χ3n) is 12.6. The van der Waals surface area contributed by atoms with Crippen molar-refractivity contribution in [1.82, 2.24) is 19.7 Å². The van der Waals surface area contributed by atoms with Gasteiger partial charge in [-0.15, -0.1) is 0 Å². The third kappa shape index (κ3) is 16.5. The van der Waals surface area contributed by atoms with Crippen LogP contribution in [0.2, 0.25) is 5.02 Å². The molecule has 0 radical (unpaired) electrons. The minimum atomic E-state index is -4.70. The van der Waals surface area contributed by atoms with Gasteiger partial charge in [0.15, 0.2) is 5.79 Å². The number of aromatic nitrogens is 4. The summed E-state index contributed by atoms with van der Waals surface area (Å²) in [6.45, 7) is 5.31. The van der Waals surface area contributed by atoms with Gasteiger partial charge in [0, 0.05) is 12.3 Å². The van der Waals surface area contributed by atoms with Crippen LogP contribution in [0, 0.1) is 28.1 Å². The van der Waals surface area contributed by atoms with Gasteiger partial charge in [-0.25, -0.2) is 19.2 Å². The zero-order chi connectivity index (χ0) is 51.2. The van der Waals surface area contributed by atoms with Gasteiger partial charge >= 0.3 is 7.82 Å². The summed E-state index contributed by atoms with van der Waals surface area (Å²) in [4.78, 5) is 11.0. The molecule has 2 aromatic heterocycles. The van der Waals surface area contributed by atoms with Crippen LogP contribution in [0.4, 0.5) is 0 Å². The molecule has 20 heteroatoms. The average molecular weight is 1030 g/mol. The van der Waals surface area contributed by atoms with E-state index in [1.54, 1.807) is 62.4 Å². The Morgan fingerprint density at radius 3 is 2.28 bits per heavy atom. The summed E-state index contributed by atoms with van der Waals surface area (Å²) in [6.07, 6.45) is 20.4. The van der Waals surface area contributed by atoms with E-state index in [4.69, 9.17) is 60.0 Å². The molecule has 6 rings (SSSR count). The van der Waals surface area contributed by atoms with Crippen molar-refractivity contribution in [3.63, 3.8) is 0 Å². The maximum absolute atomic E-state index is 15.0. The quantitative estimate of drug-likeness (QED) is 0.0170. The molecule has 4 aromatic rings. The molecular weight excluding hydrogens is 961 g/mol. The summed E-state index contributed by atoms with van der Waals surface area (Å²) in [6, 6.07) is 19.4. The van der Waals surface area contributed by atoms with Crippen LogP contribution in [0.25, 0.3) is 5.69 Å². The van der Waals surface area contributed by atoms with E-state index in [0.29, 0.717) is 34.8 Å². The lowest BCUT2D eigenvalue weighted by molar-refractivity contribution is -0.204. The molecule has 2 aliphatic rings. The lowest BCUT2D eigenvalue weighted by atomic mass is 9.96. The summed E-state index contributed by atoms with van der Waals surface area (Å²) < 4.78 is 66.2. The minimum absolute atomic E-state index is 0.0108. The van der Waals surface area contributed by atoms with Crippen LogP contribution in [-0.4, -0.2) is 88.1 Å². The fourth-order valence-electron chi connectivity index (χ4n) is 8.76. The zero-order valence-corrected chi connectivity index (χ0v) is 43.5. The number of nitrogens with one attached hydrogen (secondary N) is 2. The van der Waals surface area contributed by atoms with Crippen molar-refractivity contribution < 1.29 is 41.8 Å². The maximum Gasteiger partial charge on any atom is 0.530 e. The van der Waals surface area contributed by atoms with E-state index in [1.807, 2.05) is 0 Å². The van der Waals surface area contributed by atoms with Crippen molar-refractivity contribution >= 4 is 31.6 Å². The molecule has 4 N–H and O–H groups in total. The lowest BCUT2D eigenvalue weighted by Crippen LogP contribution is -2.46. The number of benzene rings is 2. The summed E-state index contributed by atoms with van der Waals surface area (Å²) in [7, 11) is -4.70. The molecule has 0 bridgehead atoms. The molecule has 2 aliphatic heterocycles. The van der Waals surface area contributed by atoms with Crippen molar-refractivity contribution in [2.75, 3.05) is 26.4 Å². The molecule has 2 aromatic carbocycles. The van der Waals surface area contributed by atoms with Crippen molar-refractivity contribution in [2.45, 2.75) is 166 Å². The van der Waals surface area contributed by atoms with Gasteiger partial charge in [-0.3, -0.25) is 14.5 Å². The van der Waals surface area contributed by atoms with Gasteiger partial charge in [0.25, 0.3) is 0 Å². The average Bonchev–Trinajstić information content (AvgIpc) is 4.20. The topological polar surface area (TPSA) is 247 Å². The van der Waals surface area contributed by atoms with Gasteiger partial charge in [0.2, 0.25) is 5.60 Å². The Bertz CT molecular complexity index is 2460. The van der Waals surface area contributed by atoms with E-state index in [-0.39, 0.29) is 36.4 Å². The molecule has 0 aliphatic carbocycles. The number of nitriles is 2. The summed E-state index contributed by atoms with van der Waals surface area (Å²) >= 11 is 6.51. The normalized spacial score (nSPS) is 20.6. The van der Waals surface area contributed by atoms with Gasteiger partial charge in [-0.05, 0) is 62.2 Å². The molecule has 390 valence electrons. The van der Waals surface area contributed by atoms with Gasteiger partial charge in [-0.2, -0.15) is 15.6 Å². The van der Waals surface area contributed by atoms with Crippen molar-refractivity contribution in [1.29, 1.82) is 15.9 Å². The predicted octanol–water partition coefficient (Wildman–Crippen LogP) is 11.4. The Morgan fingerprint density at radius 2 is 1.64 bits per heavy atom. The van der Waals surface area contributed by atoms with Gasteiger partial charge in [0.05, 0.1) is 41.8 Å². The lowest BCUT2D eigenvalue weighted by Gasteiger charge is -2.30. The number of para-hydroxylation sites is 1. The number of hydrogen-bond acceptors (Lipinski definition) is 14. The first-order valence-electron chi connectivity index (χ1n) is 25.3. The van der Waals surface area contributed by atoms with Crippen LogP contribution in [0.5, 0.6) is 5.75 Å². The number of fused-ring (bicyclic) bond motifs is 1. The number of H-pyrrole nitrogens is 1. The molecule has 1 unspecified atom stereocenters. The number of amidine groups is 1. The highest BCUT2D eigenvalue weighted by atomic mass is 35.5. The highest BCUT2D eigenvalue weighted by Crippen LogP contribution is 2.55. The van der Waals surface area contributed by atoms with E-state index in [0.717, 1.165) is 25.6 Å². The number of rotatable bonds is 34. The van der Waals surface area contributed by atoms with Crippen LogP contribution < -0.4 is 10.3 Å². The Kier molecular flexibility index (Phi) is 22.3. The fraction of sp³-hybridized carbons (Fsp3) is 0.577. The standard InChI is InChI=1S/C52H71ClN9O9P/c1-4-5-6-7-8-9-10-11-12-13-14-15-16-17-18-21-28-64-32-41(65-31-39-24-25-40(30-54)45(29-39)62-38-58-37-60-62)33-66-72(63,71-46-23-20-19-22-42(46)53)67-35-52(34-55)49-48(68-51(2,3)70-49)47(69-52)43-26-27-44(61-43)50(57)59-36-56/h19-20,22-27,29,36-38,41,47-49,61H,4-18,21,28,31-33,35H2,1-3H3,(H3,56,57,59)/t41-,47+,48+,49+,52-,72?/m1/s1. The van der Waals surface area contributed by atoms with Gasteiger partial charge < -0.3 is 38.9 Å². The van der Waals surface area contributed by atoms with Gasteiger partial charge in [0.1, 0.15) is 73.7 Å². The van der Waals surface area contributed by atoms with E-state index in [2.05, 4.69) is 39.1 Å². The first-order valence-corrected chi connectivity index (χ1v) is 27.1. The first-order chi connectivity index (χ1) is 34.9. The molecule has 4 heterocycles. The molecule has 0 spiro atoms. The van der Waals surface area contributed by atoms with Crippen LogP contribution in [0.15, 0.2) is 72.2 Å². The minimum Gasteiger partial charge on any atom is -0.402 e. The second kappa shape index (κ2) is 28.5.